The van der Waals surface area contributed by atoms with Crippen LogP contribution in [-0.2, 0) is 0 Å². The van der Waals surface area contributed by atoms with E-state index in [1.807, 2.05) is 0 Å². The fourth-order valence-corrected chi connectivity index (χ4v) is 1.47. The van der Waals surface area contributed by atoms with Crippen LogP contribution in [0.1, 0.15) is 0 Å². The van der Waals surface area contributed by atoms with Crippen LogP contribution in [-0.4, -0.2) is 49.7 Å². The van der Waals surface area contributed by atoms with Gasteiger partial charge in [0.15, 0.2) is 6.04 Å². The van der Waals surface area contributed by atoms with Crippen LogP contribution in [0.3, 0.4) is 0 Å². The van der Waals surface area contributed by atoms with E-state index in [2.05, 4.69) is 5.32 Å². The lowest BCUT2D eigenvalue weighted by atomic mass is 10.2. The number of halogens is 7. The van der Waals surface area contributed by atoms with Crippen LogP contribution in [0.5, 0.6) is 0 Å². The first kappa shape index (κ1) is 18.5. The van der Waals surface area contributed by atoms with E-state index in [0.717, 1.165) is 4.90 Å². The summed E-state index contributed by atoms with van der Waals surface area (Å²) in [7, 11) is 0. The second kappa shape index (κ2) is 7.47. The Morgan fingerprint density at radius 3 is 1.75 bits per heavy atom. The molecule has 100 valence electrons. The standard InChI is InChI=1S/C7H11F5N2.2ClH/c8-6(9)5(7(10,11)12)14-3-1-13-2-4-14;;/h5-6,13H,1-4H2;2*1H/t5-;;/m1../s1. The molecule has 0 spiro atoms. The Bertz CT molecular complexity index is 184. The smallest absolute Gasteiger partial charge is 0.314 e. The summed E-state index contributed by atoms with van der Waals surface area (Å²) in [5.41, 5.74) is 0. The van der Waals surface area contributed by atoms with Crippen LogP contribution in [0.25, 0.3) is 0 Å². The van der Waals surface area contributed by atoms with Crippen molar-refractivity contribution in [2.75, 3.05) is 26.2 Å². The zero-order valence-corrected chi connectivity index (χ0v) is 9.77. The molecule has 1 heterocycles. The van der Waals surface area contributed by atoms with Gasteiger partial charge in [-0.15, -0.1) is 24.8 Å². The first-order valence-electron chi connectivity index (χ1n) is 4.22. The number of rotatable bonds is 2. The Morgan fingerprint density at radius 2 is 1.44 bits per heavy atom. The van der Waals surface area contributed by atoms with Gasteiger partial charge in [0.05, 0.1) is 0 Å². The highest BCUT2D eigenvalue weighted by molar-refractivity contribution is 5.85. The van der Waals surface area contributed by atoms with Crippen molar-refractivity contribution in [2.45, 2.75) is 18.6 Å². The summed E-state index contributed by atoms with van der Waals surface area (Å²) in [4.78, 5) is 0.779. The molecular weight excluding hydrogens is 278 g/mol. The second-order valence-electron chi connectivity index (χ2n) is 3.11. The molecule has 0 aliphatic carbocycles. The Labute approximate surface area is 102 Å². The third kappa shape index (κ3) is 4.99. The zero-order valence-electron chi connectivity index (χ0n) is 8.14. The van der Waals surface area contributed by atoms with E-state index >= 15 is 0 Å². The Hall–Kier alpha value is 0.150. The topological polar surface area (TPSA) is 15.3 Å². The predicted octanol–water partition coefficient (Wildman–Crippen LogP) is 1.93. The number of piperazine rings is 1. The number of hydrogen-bond acceptors (Lipinski definition) is 2. The summed E-state index contributed by atoms with van der Waals surface area (Å²) in [5.74, 6) is 0. The highest BCUT2D eigenvalue weighted by Crippen LogP contribution is 2.29. The summed E-state index contributed by atoms with van der Waals surface area (Å²) >= 11 is 0. The molecule has 1 aliphatic heterocycles. The van der Waals surface area contributed by atoms with Gasteiger partial charge in [0.1, 0.15) is 0 Å². The second-order valence-corrected chi connectivity index (χ2v) is 3.11. The monoisotopic (exact) mass is 290 g/mol. The Balaban J connectivity index is 0. The van der Waals surface area contributed by atoms with Gasteiger partial charge in [0.2, 0.25) is 0 Å². The van der Waals surface area contributed by atoms with Crippen molar-refractivity contribution in [1.82, 2.24) is 10.2 Å². The summed E-state index contributed by atoms with van der Waals surface area (Å²) in [6, 6.07) is -2.62. The molecule has 0 amide bonds. The van der Waals surface area contributed by atoms with Crippen LogP contribution in [0.15, 0.2) is 0 Å². The van der Waals surface area contributed by atoms with E-state index in [4.69, 9.17) is 0 Å². The summed E-state index contributed by atoms with van der Waals surface area (Å²) < 4.78 is 61.0. The minimum atomic E-state index is -4.86. The molecule has 1 N–H and O–H groups in total. The lowest BCUT2D eigenvalue weighted by Crippen LogP contribution is -2.56. The van der Waals surface area contributed by atoms with Crippen molar-refractivity contribution >= 4 is 24.8 Å². The molecule has 1 saturated heterocycles. The van der Waals surface area contributed by atoms with E-state index in [-0.39, 0.29) is 37.9 Å². The van der Waals surface area contributed by atoms with E-state index in [1.165, 1.54) is 0 Å². The number of alkyl halides is 5. The van der Waals surface area contributed by atoms with Gasteiger partial charge in [0, 0.05) is 26.2 Å². The molecule has 0 bridgehead atoms. The predicted molar refractivity (Wildman–Crippen MR) is 54.8 cm³/mol. The van der Waals surface area contributed by atoms with Gasteiger partial charge in [-0.2, -0.15) is 13.2 Å². The van der Waals surface area contributed by atoms with E-state index < -0.39 is 18.6 Å². The molecule has 1 atom stereocenters. The maximum absolute atomic E-state index is 12.2. The lowest BCUT2D eigenvalue weighted by molar-refractivity contribution is -0.216. The fourth-order valence-electron chi connectivity index (χ4n) is 1.47. The van der Waals surface area contributed by atoms with Gasteiger partial charge < -0.3 is 5.32 Å². The molecule has 0 aromatic heterocycles. The molecule has 0 aromatic carbocycles. The molecular formula is C7H13Cl2F5N2. The third-order valence-corrected chi connectivity index (χ3v) is 2.12. The van der Waals surface area contributed by atoms with Gasteiger partial charge in [-0.05, 0) is 0 Å². The van der Waals surface area contributed by atoms with Crippen molar-refractivity contribution in [3.05, 3.63) is 0 Å². The van der Waals surface area contributed by atoms with Crippen LogP contribution in [0, 0.1) is 0 Å². The fraction of sp³-hybridized carbons (Fsp3) is 1.00. The first-order valence-corrected chi connectivity index (χ1v) is 4.22. The summed E-state index contributed by atoms with van der Waals surface area (Å²) in [5, 5.41) is 2.81. The molecule has 0 saturated carbocycles. The maximum atomic E-state index is 12.2. The summed E-state index contributed by atoms with van der Waals surface area (Å²) in [6.45, 7) is 0.654. The molecule has 0 unspecified atom stereocenters. The SMILES string of the molecule is Cl.Cl.FC(F)[C@@H](N1CCNCC1)C(F)(F)F. The molecule has 9 heteroatoms. The Kier molecular flexibility index (Phi) is 8.64. The number of nitrogens with zero attached hydrogens (tertiary/aromatic N) is 1. The van der Waals surface area contributed by atoms with Crippen LogP contribution < -0.4 is 5.32 Å². The quantitative estimate of drug-likeness (QED) is 0.782. The molecule has 1 aliphatic rings. The highest BCUT2D eigenvalue weighted by atomic mass is 35.5. The van der Waals surface area contributed by atoms with Crippen molar-refractivity contribution < 1.29 is 22.0 Å². The summed E-state index contributed by atoms with van der Waals surface area (Å²) in [6.07, 6.45) is -8.24. The van der Waals surface area contributed by atoms with Crippen molar-refractivity contribution in [1.29, 1.82) is 0 Å². The van der Waals surface area contributed by atoms with Gasteiger partial charge >= 0.3 is 6.18 Å². The molecule has 1 fully saturated rings. The normalized spacial score (nSPS) is 19.9. The van der Waals surface area contributed by atoms with Crippen molar-refractivity contribution in [3.63, 3.8) is 0 Å². The largest absolute Gasteiger partial charge is 0.409 e. The van der Waals surface area contributed by atoms with E-state index in [0.29, 0.717) is 13.1 Å². The molecule has 0 radical (unpaired) electrons. The van der Waals surface area contributed by atoms with Crippen LogP contribution >= 0.6 is 24.8 Å². The van der Waals surface area contributed by atoms with Crippen molar-refractivity contribution in [2.24, 2.45) is 0 Å². The Morgan fingerprint density at radius 1 is 1.00 bits per heavy atom. The average molecular weight is 291 g/mol. The first-order chi connectivity index (χ1) is 6.43. The molecule has 1 rings (SSSR count). The van der Waals surface area contributed by atoms with Crippen LogP contribution in [0.4, 0.5) is 22.0 Å². The van der Waals surface area contributed by atoms with Gasteiger partial charge in [-0.25, -0.2) is 8.78 Å². The lowest BCUT2D eigenvalue weighted by Gasteiger charge is -2.35. The highest BCUT2D eigenvalue weighted by Gasteiger charge is 2.49. The zero-order chi connectivity index (χ0) is 10.8. The minimum absolute atomic E-state index is 0. The van der Waals surface area contributed by atoms with Crippen LogP contribution in [0.2, 0.25) is 0 Å². The van der Waals surface area contributed by atoms with Gasteiger partial charge in [-0.3, -0.25) is 4.90 Å². The third-order valence-electron chi connectivity index (χ3n) is 2.12. The van der Waals surface area contributed by atoms with E-state index in [9.17, 15) is 22.0 Å². The van der Waals surface area contributed by atoms with Gasteiger partial charge in [-0.1, -0.05) is 0 Å². The molecule has 0 aromatic rings. The van der Waals surface area contributed by atoms with Gasteiger partial charge in [0.25, 0.3) is 6.43 Å². The molecule has 16 heavy (non-hydrogen) atoms. The maximum Gasteiger partial charge on any atom is 0.409 e. The minimum Gasteiger partial charge on any atom is -0.314 e. The van der Waals surface area contributed by atoms with Crippen molar-refractivity contribution in [3.8, 4) is 0 Å². The van der Waals surface area contributed by atoms with E-state index in [1.54, 1.807) is 0 Å². The average Bonchev–Trinajstić information content (AvgIpc) is 2.02. The number of nitrogens with one attached hydrogen (secondary N) is 1. The molecule has 2 nitrogen and oxygen atoms in total. The number of hydrogen-bond donors (Lipinski definition) is 1.